The highest BCUT2D eigenvalue weighted by atomic mass is 35.5. The molecule has 2 fully saturated rings. The van der Waals surface area contributed by atoms with Crippen LogP contribution in [0.1, 0.15) is 11.1 Å². The van der Waals surface area contributed by atoms with Gasteiger partial charge in [0.1, 0.15) is 5.57 Å². The molecule has 0 saturated carbocycles. The molecule has 0 atom stereocenters. The lowest BCUT2D eigenvalue weighted by Gasteiger charge is -2.28. The summed E-state index contributed by atoms with van der Waals surface area (Å²) in [4.78, 5) is 27.3. The minimum absolute atomic E-state index is 0.0934. The Morgan fingerprint density at radius 2 is 1.71 bits per heavy atom. The van der Waals surface area contributed by atoms with Crippen LogP contribution in [0, 0.1) is 6.92 Å². The first-order valence-electron chi connectivity index (χ1n) is 9.09. The van der Waals surface area contributed by atoms with E-state index in [-0.39, 0.29) is 5.57 Å². The van der Waals surface area contributed by atoms with Crippen molar-refractivity contribution in [2.75, 3.05) is 36.2 Å². The SMILES string of the molecule is Cc1ccc(N2NC(=O)/C(=C\c3ccc(N4CCOCC4)cc3)C2=O)cc1Cl. The maximum Gasteiger partial charge on any atom is 0.282 e. The highest BCUT2D eigenvalue weighted by Gasteiger charge is 2.34. The normalized spacial score (nSPS) is 18.7. The molecule has 7 heteroatoms. The summed E-state index contributed by atoms with van der Waals surface area (Å²) in [7, 11) is 0. The number of carbonyl (C=O) groups excluding carboxylic acids is 2. The summed E-state index contributed by atoms with van der Waals surface area (Å²) in [5.41, 5.74) is 6.01. The van der Waals surface area contributed by atoms with Crippen LogP contribution in [0.3, 0.4) is 0 Å². The molecule has 6 nitrogen and oxygen atoms in total. The third-order valence-electron chi connectivity index (χ3n) is 4.89. The second-order valence-corrected chi connectivity index (χ2v) is 7.17. The van der Waals surface area contributed by atoms with Crippen molar-refractivity contribution in [2.24, 2.45) is 0 Å². The van der Waals surface area contributed by atoms with Crippen LogP contribution in [0.15, 0.2) is 48.0 Å². The molecule has 2 amide bonds. The molecule has 1 N–H and O–H groups in total. The lowest BCUT2D eigenvalue weighted by atomic mass is 10.1. The summed E-state index contributed by atoms with van der Waals surface area (Å²) < 4.78 is 5.37. The number of anilines is 2. The third-order valence-corrected chi connectivity index (χ3v) is 5.29. The molecule has 2 aliphatic rings. The molecule has 2 aliphatic heterocycles. The zero-order chi connectivity index (χ0) is 19.7. The molecular formula is C21H20ClN3O3. The minimum Gasteiger partial charge on any atom is -0.378 e. The van der Waals surface area contributed by atoms with E-state index in [1.165, 1.54) is 5.01 Å². The van der Waals surface area contributed by atoms with Gasteiger partial charge in [0.25, 0.3) is 11.8 Å². The van der Waals surface area contributed by atoms with Crippen LogP contribution in [0.5, 0.6) is 0 Å². The van der Waals surface area contributed by atoms with Crippen molar-refractivity contribution in [3.05, 3.63) is 64.2 Å². The molecule has 2 aromatic rings. The van der Waals surface area contributed by atoms with E-state index < -0.39 is 11.8 Å². The van der Waals surface area contributed by atoms with Gasteiger partial charge in [-0.25, -0.2) is 5.01 Å². The summed E-state index contributed by atoms with van der Waals surface area (Å²) in [6.07, 6.45) is 1.61. The number of morpholine rings is 1. The number of benzene rings is 2. The second kappa shape index (κ2) is 7.66. The number of amides is 2. The van der Waals surface area contributed by atoms with Gasteiger partial charge in [-0.05, 0) is 48.4 Å². The molecule has 0 bridgehead atoms. The number of aryl methyl sites for hydroxylation is 1. The fourth-order valence-corrected chi connectivity index (χ4v) is 3.40. The zero-order valence-electron chi connectivity index (χ0n) is 15.4. The van der Waals surface area contributed by atoms with Crippen molar-refractivity contribution in [3.8, 4) is 0 Å². The van der Waals surface area contributed by atoms with Crippen LogP contribution in [-0.2, 0) is 14.3 Å². The molecule has 2 heterocycles. The van der Waals surface area contributed by atoms with Crippen molar-refractivity contribution in [1.29, 1.82) is 0 Å². The number of hydrogen-bond donors (Lipinski definition) is 1. The van der Waals surface area contributed by atoms with E-state index in [9.17, 15) is 9.59 Å². The highest BCUT2D eigenvalue weighted by molar-refractivity contribution is 6.33. The number of nitrogens with one attached hydrogen (secondary N) is 1. The fraction of sp³-hybridized carbons (Fsp3) is 0.238. The van der Waals surface area contributed by atoms with Crippen LogP contribution in [0.2, 0.25) is 5.02 Å². The largest absolute Gasteiger partial charge is 0.378 e. The smallest absolute Gasteiger partial charge is 0.282 e. The molecule has 0 radical (unpaired) electrons. The molecule has 4 rings (SSSR count). The first-order chi connectivity index (χ1) is 13.5. The van der Waals surface area contributed by atoms with E-state index in [1.54, 1.807) is 18.2 Å². The van der Waals surface area contributed by atoms with Crippen molar-refractivity contribution in [1.82, 2.24) is 5.43 Å². The minimum atomic E-state index is -0.432. The Bertz CT molecular complexity index is 950. The fourth-order valence-electron chi connectivity index (χ4n) is 3.23. The van der Waals surface area contributed by atoms with Crippen molar-refractivity contribution in [3.63, 3.8) is 0 Å². The van der Waals surface area contributed by atoms with E-state index in [4.69, 9.17) is 16.3 Å². The van der Waals surface area contributed by atoms with Gasteiger partial charge < -0.3 is 9.64 Å². The predicted octanol–water partition coefficient (Wildman–Crippen LogP) is 2.95. The van der Waals surface area contributed by atoms with Crippen LogP contribution in [-0.4, -0.2) is 38.1 Å². The number of rotatable bonds is 3. The Hall–Kier alpha value is -2.83. The summed E-state index contributed by atoms with van der Waals surface area (Å²) in [6, 6.07) is 13.0. The first kappa shape index (κ1) is 18.5. The van der Waals surface area contributed by atoms with Crippen molar-refractivity contribution in [2.45, 2.75) is 6.92 Å². The summed E-state index contributed by atoms with van der Waals surface area (Å²) >= 11 is 6.14. The molecule has 2 aromatic carbocycles. The molecular weight excluding hydrogens is 378 g/mol. The van der Waals surface area contributed by atoms with Crippen LogP contribution >= 0.6 is 11.6 Å². The number of hydrogen-bond acceptors (Lipinski definition) is 4. The van der Waals surface area contributed by atoms with Gasteiger partial charge in [0.15, 0.2) is 0 Å². The quantitative estimate of drug-likeness (QED) is 0.639. The Balaban J connectivity index is 1.54. The summed E-state index contributed by atoms with van der Waals surface area (Å²) in [5.74, 6) is -0.832. The third kappa shape index (κ3) is 3.61. The number of nitrogens with zero attached hydrogens (tertiary/aromatic N) is 2. The number of carbonyl (C=O) groups is 2. The van der Waals surface area contributed by atoms with Gasteiger partial charge in [-0.2, -0.15) is 0 Å². The van der Waals surface area contributed by atoms with E-state index in [2.05, 4.69) is 10.3 Å². The van der Waals surface area contributed by atoms with Crippen LogP contribution in [0.4, 0.5) is 11.4 Å². The van der Waals surface area contributed by atoms with E-state index in [0.29, 0.717) is 10.7 Å². The van der Waals surface area contributed by atoms with Crippen LogP contribution in [0.25, 0.3) is 6.08 Å². The highest BCUT2D eigenvalue weighted by Crippen LogP contribution is 2.26. The Labute approximate surface area is 168 Å². The van der Waals surface area contributed by atoms with Crippen molar-refractivity contribution >= 4 is 40.9 Å². The lowest BCUT2D eigenvalue weighted by molar-refractivity contribution is -0.117. The Morgan fingerprint density at radius 1 is 1.04 bits per heavy atom. The van der Waals surface area contributed by atoms with E-state index >= 15 is 0 Å². The average molecular weight is 398 g/mol. The van der Waals surface area contributed by atoms with E-state index in [0.717, 1.165) is 43.1 Å². The monoisotopic (exact) mass is 397 g/mol. The van der Waals surface area contributed by atoms with Gasteiger partial charge in [-0.15, -0.1) is 0 Å². The van der Waals surface area contributed by atoms with Crippen molar-refractivity contribution < 1.29 is 14.3 Å². The molecule has 2 saturated heterocycles. The zero-order valence-corrected chi connectivity index (χ0v) is 16.2. The van der Waals surface area contributed by atoms with Crippen LogP contribution < -0.4 is 15.3 Å². The molecule has 0 spiro atoms. The predicted molar refractivity (Wildman–Crippen MR) is 109 cm³/mol. The molecule has 144 valence electrons. The maximum absolute atomic E-state index is 12.7. The number of ether oxygens (including phenoxy) is 1. The molecule has 0 aromatic heterocycles. The Morgan fingerprint density at radius 3 is 2.39 bits per heavy atom. The number of hydrazine groups is 1. The standard InChI is InChI=1S/C21H20ClN3O3/c1-14-2-5-17(13-19(14)22)25-21(27)18(20(26)23-25)12-15-3-6-16(7-4-15)24-8-10-28-11-9-24/h2-7,12-13H,8-11H2,1H3,(H,23,26)/b18-12+. The molecule has 0 unspecified atom stereocenters. The van der Waals surface area contributed by atoms with Gasteiger partial charge in [0.05, 0.1) is 18.9 Å². The first-order valence-corrected chi connectivity index (χ1v) is 9.47. The van der Waals surface area contributed by atoms with Gasteiger partial charge in [0, 0.05) is 23.8 Å². The summed E-state index contributed by atoms with van der Waals surface area (Å²) in [6.45, 7) is 5.03. The number of halogens is 1. The maximum atomic E-state index is 12.7. The van der Waals surface area contributed by atoms with Gasteiger partial charge in [0.2, 0.25) is 0 Å². The molecule has 0 aliphatic carbocycles. The topological polar surface area (TPSA) is 61.9 Å². The van der Waals surface area contributed by atoms with Gasteiger partial charge >= 0.3 is 0 Å². The van der Waals surface area contributed by atoms with Gasteiger partial charge in [-0.1, -0.05) is 29.8 Å². The van der Waals surface area contributed by atoms with E-state index in [1.807, 2.05) is 37.3 Å². The Kier molecular flexibility index (Phi) is 5.07. The molecule has 28 heavy (non-hydrogen) atoms. The summed E-state index contributed by atoms with van der Waals surface area (Å²) in [5, 5.41) is 1.76. The average Bonchev–Trinajstić information content (AvgIpc) is 2.99. The second-order valence-electron chi connectivity index (χ2n) is 6.76. The lowest BCUT2D eigenvalue weighted by Crippen LogP contribution is -2.36. The van der Waals surface area contributed by atoms with Gasteiger partial charge in [-0.3, -0.25) is 15.0 Å².